The van der Waals surface area contributed by atoms with E-state index in [1.165, 1.54) is 0 Å². The Morgan fingerprint density at radius 2 is 2.25 bits per heavy atom. The van der Waals surface area contributed by atoms with Crippen LogP contribution in [0.2, 0.25) is 0 Å². The SMILES string of the molecule is C=CCNC1(C#N)CCNCC1. The molecule has 0 saturated carbocycles. The predicted octanol–water partition coefficient (Wildman–Crippen LogP) is 0.408. The topological polar surface area (TPSA) is 47.9 Å². The third kappa shape index (κ3) is 2.07. The number of hydrogen-bond acceptors (Lipinski definition) is 3. The van der Waals surface area contributed by atoms with Crippen LogP contribution >= 0.6 is 0 Å². The summed E-state index contributed by atoms with van der Waals surface area (Å²) in [7, 11) is 0. The molecule has 0 spiro atoms. The van der Waals surface area contributed by atoms with Crippen molar-refractivity contribution in [1.82, 2.24) is 10.6 Å². The first-order valence-electron chi connectivity index (χ1n) is 4.31. The van der Waals surface area contributed by atoms with Crippen molar-refractivity contribution in [2.24, 2.45) is 0 Å². The van der Waals surface area contributed by atoms with Crippen molar-refractivity contribution in [3.8, 4) is 6.07 Å². The van der Waals surface area contributed by atoms with Crippen molar-refractivity contribution in [1.29, 1.82) is 5.26 Å². The van der Waals surface area contributed by atoms with Gasteiger partial charge in [-0.15, -0.1) is 6.58 Å². The molecule has 0 aromatic heterocycles. The molecule has 3 nitrogen and oxygen atoms in total. The van der Waals surface area contributed by atoms with Gasteiger partial charge in [0.05, 0.1) is 6.07 Å². The van der Waals surface area contributed by atoms with Crippen molar-refractivity contribution in [3.63, 3.8) is 0 Å². The summed E-state index contributed by atoms with van der Waals surface area (Å²) >= 11 is 0. The highest BCUT2D eigenvalue weighted by molar-refractivity contribution is 5.09. The van der Waals surface area contributed by atoms with E-state index in [9.17, 15) is 0 Å². The molecular weight excluding hydrogens is 150 g/mol. The van der Waals surface area contributed by atoms with Gasteiger partial charge in [-0.2, -0.15) is 5.26 Å². The Bertz CT molecular complexity index is 186. The fourth-order valence-electron chi connectivity index (χ4n) is 1.45. The van der Waals surface area contributed by atoms with Crippen LogP contribution in [0.25, 0.3) is 0 Å². The van der Waals surface area contributed by atoms with Gasteiger partial charge in [0.2, 0.25) is 0 Å². The standard InChI is InChI=1S/C9H15N3/c1-2-5-12-9(8-10)3-6-11-7-4-9/h2,11-12H,1,3-7H2. The third-order valence-electron chi connectivity index (χ3n) is 2.26. The van der Waals surface area contributed by atoms with Crippen molar-refractivity contribution < 1.29 is 0 Å². The van der Waals surface area contributed by atoms with Crippen molar-refractivity contribution in [2.75, 3.05) is 19.6 Å². The lowest BCUT2D eigenvalue weighted by Crippen LogP contribution is -2.51. The summed E-state index contributed by atoms with van der Waals surface area (Å²) < 4.78 is 0. The molecule has 0 aromatic carbocycles. The molecule has 12 heavy (non-hydrogen) atoms. The lowest BCUT2D eigenvalue weighted by atomic mass is 9.90. The van der Waals surface area contributed by atoms with Crippen LogP contribution in [0.1, 0.15) is 12.8 Å². The minimum Gasteiger partial charge on any atom is -0.317 e. The van der Waals surface area contributed by atoms with E-state index in [1.54, 1.807) is 6.08 Å². The summed E-state index contributed by atoms with van der Waals surface area (Å²) in [6.45, 7) is 6.20. The van der Waals surface area contributed by atoms with Crippen LogP contribution in [-0.2, 0) is 0 Å². The molecule has 1 rings (SSSR count). The van der Waals surface area contributed by atoms with Crippen molar-refractivity contribution >= 4 is 0 Å². The maximum Gasteiger partial charge on any atom is 0.109 e. The lowest BCUT2D eigenvalue weighted by molar-refractivity contribution is 0.321. The molecule has 0 aliphatic carbocycles. The second-order valence-corrected chi connectivity index (χ2v) is 3.11. The van der Waals surface area contributed by atoms with Crippen molar-refractivity contribution in [2.45, 2.75) is 18.4 Å². The van der Waals surface area contributed by atoms with Crippen LogP contribution in [0.3, 0.4) is 0 Å². The fourth-order valence-corrected chi connectivity index (χ4v) is 1.45. The Kier molecular flexibility index (Phi) is 3.27. The highest BCUT2D eigenvalue weighted by Gasteiger charge is 2.30. The van der Waals surface area contributed by atoms with Gasteiger partial charge >= 0.3 is 0 Å². The molecule has 0 unspecified atom stereocenters. The zero-order valence-electron chi connectivity index (χ0n) is 7.27. The fraction of sp³-hybridized carbons (Fsp3) is 0.667. The van der Waals surface area contributed by atoms with Crippen LogP contribution in [0.5, 0.6) is 0 Å². The molecule has 0 bridgehead atoms. The maximum absolute atomic E-state index is 8.99. The number of piperidine rings is 1. The van der Waals surface area contributed by atoms with Crippen LogP contribution in [0.15, 0.2) is 12.7 Å². The molecule has 3 heteroatoms. The minimum atomic E-state index is -0.306. The average Bonchev–Trinajstić information content (AvgIpc) is 2.16. The van der Waals surface area contributed by atoms with Gasteiger partial charge in [-0.05, 0) is 25.9 Å². The van der Waals surface area contributed by atoms with Gasteiger partial charge in [-0.1, -0.05) is 6.08 Å². The molecule has 0 atom stereocenters. The minimum absolute atomic E-state index is 0.306. The highest BCUT2D eigenvalue weighted by Crippen LogP contribution is 2.16. The van der Waals surface area contributed by atoms with E-state index in [1.807, 2.05) is 0 Å². The Hall–Kier alpha value is -0.850. The number of hydrogen-bond donors (Lipinski definition) is 2. The predicted molar refractivity (Wildman–Crippen MR) is 48.6 cm³/mol. The molecule has 1 aliphatic heterocycles. The monoisotopic (exact) mass is 165 g/mol. The Morgan fingerprint density at radius 3 is 2.75 bits per heavy atom. The van der Waals surface area contributed by atoms with Gasteiger partial charge in [0.15, 0.2) is 0 Å². The molecule has 1 saturated heterocycles. The largest absolute Gasteiger partial charge is 0.317 e. The first-order valence-corrected chi connectivity index (χ1v) is 4.31. The lowest BCUT2D eigenvalue weighted by Gasteiger charge is -2.31. The van der Waals surface area contributed by atoms with Gasteiger partial charge in [-0.3, -0.25) is 5.32 Å². The smallest absolute Gasteiger partial charge is 0.109 e. The van der Waals surface area contributed by atoms with E-state index in [4.69, 9.17) is 5.26 Å². The summed E-state index contributed by atoms with van der Waals surface area (Å²) in [5, 5.41) is 15.4. The van der Waals surface area contributed by atoms with Crippen molar-refractivity contribution in [3.05, 3.63) is 12.7 Å². The highest BCUT2D eigenvalue weighted by atomic mass is 15.0. The average molecular weight is 165 g/mol. The second kappa shape index (κ2) is 4.24. The second-order valence-electron chi connectivity index (χ2n) is 3.11. The van der Waals surface area contributed by atoms with Gasteiger partial charge < -0.3 is 5.32 Å². The quantitative estimate of drug-likeness (QED) is 0.595. The summed E-state index contributed by atoms with van der Waals surface area (Å²) in [6, 6.07) is 2.35. The molecule has 0 radical (unpaired) electrons. The Balaban J connectivity index is 2.49. The Morgan fingerprint density at radius 1 is 1.58 bits per heavy atom. The summed E-state index contributed by atoms with van der Waals surface area (Å²) in [5.74, 6) is 0. The normalized spacial score (nSPS) is 21.2. The summed E-state index contributed by atoms with van der Waals surface area (Å²) in [4.78, 5) is 0. The molecule has 0 aromatic rings. The van der Waals surface area contributed by atoms with E-state index in [2.05, 4.69) is 23.3 Å². The molecule has 66 valence electrons. The van der Waals surface area contributed by atoms with Crippen LogP contribution < -0.4 is 10.6 Å². The van der Waals surface area contributed by atoms with E-state index >= 15 is 0 Å². The van der Waals surface area contributed by atoms with Crippen LogP contribution in [0, 0.1) is 11.3 Å². The van der Waals surface area contributed by atoms with E-state index in [-0.39, 0.29) is 5.54 Å². The zero-order valence-corrected chi connectivity index (χ0v) is 7.27. The van der Waals surface area contributed by atoms with Gasteiger partial charge in [-0.25, -0.2) is 0 Å². The van der Waals surface area contributed by atoms with E-state index in [0.29, 0.717) is 6.54 Å². The summed E-state index contributed by atoms with van der Waals surface area (Å²) in [6.07, 6.45) is 3.57. The first-order chi connectivity index (χ1) is 5.83. The Labute approximate surface area is 73.5 Å². The summed E-state index contributed by atoms with van der Waals surface area (Å²) in [5.41, 5.74) is -0.306. The van der Waals surface area contributed by atoms with Gasteiger partial charge in [0.1, 0.15) is 5.54 Å². The number of nitrogens with one attached hydrogen (secondary N) is 2. The molecule has 1 fully saturated rings. The van der Waals surface area contributed by atoms with E-state index in [0.717, 1.165) is 25.9 Å². The molecule has 1 heterocycles. The zero-order chi connectivity index (χ0) is 8.86. The third-order valence-corrected chi connectivity index (χ3v) is 2.26. The van der Waals surface area contributed by atoms with Crippen LogP contribution in [-0.4, -0.2) is 25.2 Å². The molecule has 0 amide bonds. The molecular formula is C9H15N3. The number of rotatable bonds is 3. The number of nitrogens with zero attached hydrogens (tertiary/aromatic N) is 1. The maximum atomic E-state index is 8.99. The molecule has 1 aliphatic rings. The molecule has 2 N–H and O–H groups in total. The van der Waals surface area contributed by atoms with Gasteiger partial charge in [0, 0.05) is 6.54 Å². The number of nitriles is 1. The van der Waals surface area contributed by atoms with Gasteiger partial charge in [0.25, 0.3) is 0 Å². The van der Waals surface area contributed by atoms with E-state index < -0.39 is 0 Å². The van der Waals surface area contributed by atoms with Crippen LogP contribution in [0.4, 0.5) is 0 Å². The first kappa shape index (κ1) is 9.24.